The second-order valence-corrected chi connectivity index (χ2v) is 3.84. The number of ether oxygens (including phenoxy) is 1. The van der Waals surface area contributed by atoms with Crippen LogP contribution in [0.2, 0.25) is 0 Å². The molecule has 2 aromatic rings. The molecule has 0 spiro atoms. The smallest absolute Gasteiger partial charge is 0.144 e. The number of nitrogens with zero attached hydrogens (tertiary/aromatic N) is 1. The summed E-state index contributed by atoms with van der Waals surface area (Å²) in [6, 6.07) is 13.5. The number of aromatic nitrogens is 1. The molecule has 1 aromatic carbocycles. The van der Waals surface area contributed by atoms with Crippen molar-refractivity contribution in [1.82, 2.24) is 4.98 Å². The van der Waals surface area contributed by atoms with E-state index < -0.39 is 0 Å². The number of benzene rings is 1. The normalized spacial score (nSPS) is 9.83. The van der Waals surface area contributed by atoms with Gasteiger partial charge in [-0.25, -0.2) is 4.98 Å². The van der Waals surface area contributed by atoms with Gasteiger partial charge in [0, 0.05) is 6.20 Å². The fourth-order valence-electron chi connectivity index (χ4n) is 1.43. The lowest BCUT2D eigenvalue weighted by molar-refractivity contribution is 0.317. The third-order valence-electron chi connectivity index (χ3n) is 2.33. The fourth-order valence-corrected chi connectivity index (χ4v) is 1.43. The van der Waals surface area contributed by atoms with Gasteiger partial charge in [0.2, 0.25) is 0 Å². The summed E-state index contributed by atoms with van der Waals surface area (Å²) < 4.78 is 5.51. The molecule has 18 heavy (non-hydrogen) atoms. The van der Waals surface area contributed by atoms with Gasteiger partial charge in [-0.05, 0) is 42.8 Å². The Kier molecular flexibility index (Phi) is 4.41. The van der Waals surface area contributed by atoms with Gasteiger partial charge >= 0.3 is 0 Å². The van der Waals surface area contributed by atoms with Crippen molar-refractivity contribution in [3.63, 3.8) is 0 Å². The number of anilines is 2. The molecule has 0 fully saturated rings. The van der Waals surface area contributed by atoms with Gasteiger partial charge in [0.25, 0.3) is 0 Å². The highest BCUT2D eigenvalue weighted by atomic mass is 16.5. The molecule has 0 amide bonds. The van der Waals surface area contributed by atoms with E-state index >= 15 is 0 Å². The largest absolute Gasteiger partial charge is 0.494 e. The standard InChI is InChI=1S/C14H17N3O/c1-2-11-18-13-8-6-12(7-9-13)16-17-14-5-3-4-10-15-14/h3-10,16H,2,11H2,1H3,(H,15,17). The minimum Gasteiger partial charge on any atom is -0.494 e. The summed E-state index contributed by atoms with van der Waals surface area (Å²) in [5, 5.41) is 0. The summed E-state index contributed by atoms with van der Waals surface area (Å²) in [5.74, 6) is 1.67. The summed E-state index contributed by atoms with van der Waals surface area (Å²) in [5.41, 5.74) is 7.06. The first-order valence-corrected chi connectivity index (χ1v) is 6.04. The van der Waals surface area contributed by atoms with Gasteiger partial charge in [0.05, 0.1) is 12.3 Å². The second kappa shape index (κ2) is 6.49. The van der Waals surface area contributed by atoms with Gasteiger partial charge in [-0.2, -0.15) is 0 Å². The van der Waals surface area contributed by atoms with Crippen molar-refractivity contribution in [1.29, 1.82) is 0 Å². The maximum atomic E-state index is 5.51. The molecule has 0 atom stereocenters. The maximum Gasteiger partial charge on any atom is 0.144 e. The van der Waals surface area contributed by atoms with E-state index in [0.29, 0.717) is 0 Å². The topological polar surface area (TPSA) is 46.2 Å². The van der Waals surface area contributed by atoms with Crippen molar-refractivity contribution in [2.75, 3.05) is 17.5 Å². The van der Waals surface area contributed by atoms with Crippen LogP contribution in [0.1, 0.15) is 13.3 Å². The first-order chi connectivity index (χ1) is 8.88. The lowest BCUT2D eigenvalue weighted by Gasteiger charge is -2.09. The first kappa shape index (κ1) is 12.2. The van der Waals surface area contributed by atoms with Crippen LogP contribution in [0.3, 0.4) is 0 Å². The molecule has 94 valence electrons. The Morgan fingerprint density at radius 3 is 2.56 bits per heavy atom. The van der Waals surface area contributed by atoms with Crippen LogP contribution in [0.4, 0.5) is 11.5 Å². The van der Waals surface area contributed by atoms with Crippen molar-refractivity contribution >= 4 is 11.5 Å². The van der Waals surface area contributed by atoms with E-state index in [2.05, 4.69) is 22.8 Å². The maximum absolute atomic E-state index is 5.51. The summed E-state index contributed by atoms with van der Waals surface area (Å²) in [6.07, 6.45) is 2.76. The fraction of sp³-hybridized carbons (Fsp3) is 0.214. The van der Waals surface area contributed by atoms with Crippen LogP contribution < -0.4 is 15.6 Å². The molecule has 1 aromatic heterocycles. The number of hydrogen-bond donors (Lipinski definition) is 2. The van der Waals surface area contributed by atoms with E-state index in [-0.39, 0.29) is 0 Å². The van der Waals surface area contributed by atoms with Gasteiger partial charge < -0.3 is 4.74 Å². The van der Waals surface area contributed by atoms with E-state index in [9.17, 15) is 0 Å². The highest BCUT2D eigenvalue weighted by molar-refractivity contribution is 5.50. The molecule has 0 aliphatic heterocycles. The number of nitrogens with one attached hydrogen (secondary N) is 2. The Morgan fingerprint density at radius 1 is 1.06 bits per heavy atom. The number of hydrazine groups is 1. The molecule has 0 unspecified atom stereocenters. The molecule has 4 nitrogen and oxygen atoms in total. The van der Waals surface area contributed by atoms with Gasteiger partial charge in [-0.15, -0.1) is 0 Å². The zero-order valence-electron chi connectivity index (χ0n) is 10.4. The van der Waals surface area contributed by atoms with Crippen LogP contribution in [-0.2, 0) is 0 Å². The Balaban J connectivity index is 1.86. The van der Waals surface area contributed by atoms with Gasteiger partial charge in [-0.1, -0.05) is 13.0 Å². The zero-order valence-corrected chi connectivity index (χ0v) is 10.4. The van der Waals surface area contributed by atoms with Crippen LogP contribution in [0, 0.1) is 0 Å². The minimum absolute atomic E-state index is 0.749. The monoisotopic (exact) mass is 243 g/mol. The molecule has 1 heterocycles. The predicted octanol–water partition coefficient (Wildman–Crippen LogP) is 3.31. The van der Waals surface area contributed by atoms with Crippen molar-refractivity contribution < 1.29 is 4.74 Å². The quantitative estimate of drug-likeness (QED) is 0.764. The molecule has 0 saturated heterocycles. The van der Waals surface area contributed by atoms with Crippen LogP contribution in [-0.4, -0.2) is 11.6 Å². The van der Waals surface area contributed by atoms with Crippen LogP contribution in [0.5, 0.6) is 5.75 Å². The lowest BCUT2D eigenvalue weighted by atomic mass is 10.3. The van der Waals surface area contributed by atoms with Crippen molar-refractivity contribution in [2.45, 2.75) is 13.3 Å². The van der Waals surface area contributed by atoms with Gasteiger partial charge in [-0.3, -0.25) is 10.9 Å². The number of pyridine rings is 1. The van der Waals surface area contributed by atoms with Crippen LogP contribution in [0.25, 0.3) is 0 Å². The SMILES string of the molecule is CCCOc1ccc(NNc2ccccn2)cc1. The Morgan fingerprint density at radius 2 is 1.89 bits per heavy atom. The Labute approximate surface area is 107 Å². The molecule has 2 N–H and O–H groups in total. The third kappa shape index (κ3) is 3.66. The van der Waals surface area contributed by atoms with E-state index in [0.717, 1.165) is 30.3 Å². The van der Waals surface area contributed by atoms with Crippen molar-refractivity contribution in [3.05, 3.63) is 48.7 Å². The van der Waals surface area contributed by atoms with Crippen molar-refractivity contribution in [3.8, 4) is 5.75 Å². The first-order valence-electron chi connectivity index (χ1n) is 6.04. The van der Waals surface area contributed by atoms with E-state index in [4.69, 9.17) is 4.74 Å². The lowest BCUT2D eigenvalue weighted by Crippen LogP contribution is -2.09. The van der Waals surface area contributed by atoms with E-state index in [1.54, 1.807) is 6.20 Å². The van der Waals surface area contributed by atoms with Gasteiger partial charge in [0.1, 0.15) is 11.6 Å². The van der Waals surface area contributed by atoms with Crippen LogP contribution >= 0.6 is 0 Å². The summed E-state index contributed by atoms with van der Waals surface area (Å²) in [4.78, 5) is 4.15. The molecule has 2 rings (SSSR count). The Bertz CT molecular complexity index is 456. The van der Waals surface area contributed by atoms with Crippen LogP contribution in [0.15, 0.2) is 48.7 Å². The molecule has 0 saturated carbocycles. The molecular weight excluding hydrogens is 226 g/mol. The second-order valence-electron chi connectivity index (χ2n) is 3.84. The molecule has 0 radical (unpaired) electrons. The number of hydrogen-bond acceptors (Lipinski definition) is 4. The molecule has 4 heteroatoms. The average molecular weight is 243 g/mol. The molecule has 0 aliphatic carbocycles. The summed E-state index contributed by atoms with van der Waals surface area (Å²) in [7, 11) is 0. The minimum atomic E-state index is 0.749. The highest BCUT2D eigenvalue weighted by Crippen LogP contribution is 2.15. The third-order valence-corrected chi connectivity index (χ3v) is 2.33. The highest BCUT2D eigenvalue weighted by Gasteiger charge is 1.95. The molecular formula is C14H17N3O. The van der Waals surface area contributed by atoms with Crippen molar-refractivity contribution in [2.24, 2.45) is 0 Å². The predicted molar refractivity (Wildman–Crippen MR) is 73.7 cm³/mol. The summed E-state index contributed by atoms with van der Waals surface area (Å²) >= 11 is 0. The molecule has 0 bridgehead atoms. The Hall–Kier alpha value is -2.23. The summed E-state index contributed by atoms with van der Waals surface area (Å²) in [6.45, 7) is 2.84. The zero-order chi connectivity index (χ0) is 12.6. The average Bonchev–Trinajstić information content (AvgIpc) is 2.45. The number of rotatable bonds is 6. The van der Waals surface area contributed by atoms with E-state index in [1.165, 1.54) is 0 Å². The van der Waals surface area contributed by atoms with E-state index in [1.807, 2.05) is 42.5 Å². The van der Waals surface area contributed by atoms with Gasteiger partial charge in [0.15, 0.2) is 0 Å². The molecule has 0 aliphatic rings.